The normalized spacial score (nSPS) is 22.3. The first-order chi connectivity index (χ1) is 10.2. The van der Waals surface area contributed by atoms with Crippen molar-refractivity contribution in [2.75, 3.05) is 19.6 Å². The van der Waals surface area contributed by atoms with Gasteiger partial charge in [0.05, 0.1) is 10.5 Å². The first-order valence-electron chi connectivity index (χ1n) is 7.06. The van der Waals surface area contributed by atoms with Crippen LogP contribution in [0.3, 0.4) is 0 Å². The third kappa shape index (κ3) is 4.04. The van der Waals surface area contributed by atoms with Crippen LogP contribution in [0.15, 0.2) is 23.1 Å². The van der Waals surface area contributed by atoms with Crippen molar-refractivity contribution < 1.29 is 18.3 Å². The molecule has 1 aliphatic rings. The molecule has 8 heteroatoms. The smallest absolute Gasteiger partial charge is 0.251 e. The summed E-state index contributed by atoms with van der Waals surface area (Å²) in [6.45, 7) is 3.09. The largest absolute Gasteiger partial charge is 0.387 e. The third-order valence-corrected chi connectivity index (χ3v) is 4.72. The number of carbonyl (C=O) groups excluding carboxylic acids is 1. The number of primary sulfonamides is 1. The van der Waals surface area contributed by atoms with Gasteiger partial charge in [-0.25, -0.2) is 13.6 Å². The number of hydrogen-bond donors (Lipinski definition) is 4. The summed E-state index contributed by atoms with van der Waals surface area (Å²) >= 11 is 0. The van der Waals surface area contributed by atoms with Gasteiger partial charge in [0.15, 0.2) is 0 Å². The molecule has 1 aliphatic heterocycles. The van der Waals surface area contributed by atoms with E-state index >= 15 is 0 Å². The average Bonchev–Trinajstić information content (AvgIpc) is 2.45. The van der Waals surface area contributed by atoms with Crippen molar-refractivity contribution in [2.24, 2.45) is 5.14 Å². The van der Waals surface area contributed by atoms with E-state index in [2.05, 4.69) is 10.6 Å². The minimum atomic E-state index is -3.86. The molecule has 0 saturated carbocycles. The van der Waals surface area contributed by atoms with Crippen molar-refractivity contribution in [3.05, 3.63) is 29.3 Å². The van der Waals surface area contributed by atoms with Crippen LogP contribution in [0.2, 0.25) is 0 Å². The number of hydrogen-bond acceptors (Lipinski definition) is 5. The maximum absolute atomic E-state index is 12.3. The van der Waals surface area contributed by atoms with E-state index in [0.29, 0.717) is 18.5 Å². The minimum absolute atomic E-state index is 0.109. The number of aliphatic hydroxyl groups is 1. The second-order valence-corrected chi connectivity index (χ2v) is 7.27. The minimum Gasteiger partial charge on any atom is -0.387 e. The average molecular weight is 327 g/mol. The van der Waals surface area contributed by atoms with Crippen LogP contribution in [-0.2, 0) is 10.0 Å². The number of amides is 1. The molecule has 0 radical (unpaired) electrons. The van der Waals surface area contributed by atoms with Crippen LogP contribution in [-0.4, -0.2) is 44.7 Å². The van der Waals surface area contributed by atoms with Crippen LogP contribution >= 0.6 is 0 Å². The summed E-state index contributed by atoms with van der Waals surface area (Å²) in [4.78, 5) is 12.1. The Bertz CT molecular complexity index is 667. The summed E-state index contributed by atoms with van der Waals surface area (Å²) in [5, 5.41) is 21.2. The Morgan fingerprint density at radius 2 is 2.23 bits per heavy atom. The van der Waals surface area contributed by atoms with Gasteiger partial charge in [-0.05, 0) is 44.0 Å². The number of aryl methyl sites for hydroxylation is 1. The fourth-order valence-corrected chi connectivity index (χ4v) is 3.01. The van der Waals surface area contributed by atoms with Gasteiger partial charge >= 0.3 is 0 Å². The fourth-order valence-electron chi connectivity index (χ4n) is 2.47. The Labute approximate surface area is 130 Å². The van der Waals surface area contributed by atoms with Crippen molar-refractivity contribution in [1.29, 1.82) is 0 Å². The van der Waals surface area contributed by atoms with E-state index in [4.69, 9.17) is 5.14 Å². The molecular formula is C14H21N3O4S. The lowest BCUT2D eigenvalue weighted by Gasteiger charge is -2.32. The Morgan fingerprint density at radius 3 is 2.82 bits per heavy atom. The Morgan fingerprint density at radius 1 is 1.50 bits per heavy atom. The highest BCUT2D eigenvalue weighted by atomic mass is 32.2. The van der Waals surface area contributed by atoms with Gasteiger partial charge in [0.2, 0.25) is 10.0 Å². The fraction of sp³-hybridized carbons (Fsp3) is 0.500. The van der Waals surface area contributed by atoms with Crippen LogP contribution in [0.25, 0.3) is 0 Å². The summed E-state index contributed by atoms with van der Waals surface area (Å²) in [7, 11) is -3.86. The van der Waals surface area contributed by atoms with Crippen LogP contribution in [0.4, 0.5) is 0 Å². The Balaban J connectivity index is 2.12. The third-order valence-electron chi connectivity index (χ3n) is 3.81. The molecule has 2 rings (SSSR count). The first kappa shape index (κ1) is 16.9. The van der Waals surface area contributed by atoms with E-state index in [0.717, 1.165) is 13.0 Å². The van der Waals surface area contributed by atoms with Gasteiger partial charge in [-0.1, -0.05) is 6.07 Å². The van der Waals surface area contributed by atoms with E-state index in [-0.39, 0.29) is 17.0 Å². The molecule has 7 nitrogen and oxygen atoms in total. The maximum Gasteiger partial charge on any atom is 0.251 e. The molecule has 1 fully saturated rings. The zero-order chi connectivity index (χ0) is 16.4. The lowest BCUT2D eigenvalue weighted by molar-refractivity contribution is 0.0170. The molecule has 22 heavy (non-hydrogen) atoms. The molecule has 1 atom stereocenters. The molecule has 5 N–H and O–H groups in total. The number of β-amino-alcohol motifs (C(OH)–C–C–N with tert-alkyl or cyclic N) is 1. The number of rotatable bonds is 4. The molecule has 0 bridgehead atoms. The topological polar surface area (TPSA) is 122 Å². The molecule has 1 heterocycles. The molecule has 0 aromatic heterocycles. The monoisotopic (exact) mass is 327 g/mol. The molecule has 1 aromatic rings. The second-order valence-electron chi connectivity index (χ2n) is 5.71. The van der Waals surface area contributed by atoms with Gasteiger partial charge in [-0.15, -0.1) is 0 Å². The standard InChI is InChI=1S/C14H21N3O4S/c1-10-3-4-11(22(15,20)21)7-12(10)13(18)17-9-14(19)5-2-6-16-8-14/h3-4,7,16,19H,2,5-6,8-9H2,1H3,(H,17,18)(H2,15,20,21)/t14-/m1/s1. The van der Waals surface area contributed by atoms with Gasteiger partial charge in [0, 0.05) is 18.7 Å². The molecule has 0 unspecified atom stereocenters. The predicted molar refractivity (Wildman–Crippen MR) is 81.9 cm³/mol. The molecule has 1 amide bonds. The molecular weight excluding hydrogens is 306 g/mol. The summed E-state index contributed by atoms with van der Waals surface area (Å²) in [5.74, 6) is -0.429. The summed E-state index contributed by atoms with van der Waals surface area (Å²) in [6, 6.07) is 4.15. The number of nitrogens with two attached hydrogens (primary N) is 1. The Kier molecular flexibility index (Phi) is 4.86. The molecule has 1 aromatic carbocycles. The van der Waals surface area contributed by atoms with Gasteiger partial charge in [0.25, 0.3) is 5.91 Å². The van der Waals surface area contributed by atoms with E-state index < -0.39 is 21.5 Å². The zero-order valence-electron chi connectivity index (χ0n) is 12.4. The SMILES string of the molecule is Cc1ccc(S(N)(=O)=O)cc1C(=O)NC[C@@]1(O)CCCNC1. The quantitative estimate of drug-likeness (QED) is 0.593. The highest BCUT2D eigenvalue weighted by molar-refractivity contribution is 7.89. The second kappa shape index (κ2) is 6.33. The van der Waals surface area contributed by atoms with Gasteiger partial charge in [0.1, 0.15) is 0 Å². The van der Waals surface area contributed by atoms with Crippen molar-refractivity contribution in [2.45, 2.75) is 30.3 Å². The highest BCUT2D eigenvalue weighted by Gasteiger charge is 2.29. The van der Waals surface area contributed by atoms with Crippen molar-refractivity contribution in [3.63, 3.8) is 0 Å². The van der Waals surface area contributed by atoms with Gasteiger partial charge in [-0.2, -0.15) is 0 Å². The van der Waals surface area contributed by atoms with Crippen LogP contribution in [0, 0.1) is 6.92 Å². The van der Waals surface area contributed by atoms with E-state index in [1.54, 1.807) is 6.92 Å². The van der Waals surface area contributed by atoms with Gasteiger partial charge < -0.3 is 15.7 Å². The van der Waals surface area contributed by atoms with Crippen LogP contribution in [0.5, 0.6) is 0 Å². The van der Waals surface area contributed by atoms with Gasteiger partial charge in [-0.3, -0.25) is 4.79 Å². The van der Waals surface area contributed by atoms with E-state index in [1.165, 1.54) is 18.2 Å². The van der Waals surface area contributed by atoms with Crippen LogP contribution in [0.1, 0.15) is 28.8 Å². The number of carbonyl (C=O) groups is 1. The summed E-state index contributed by atoms with van der Waals surface area (Å²) in [6.07, 6.45) is 1.45. The first-order valence-corrected chi connectivity index (χ1v) is 8.61. The number of piperidine rings is 1. The van der Waals surface area contributed by atoms with E-state index in [1.807, 2.05) is 0 Å². The molecule has 1 saturated heterocycles. The number of benzene rings is 1. The molecule has 122 valence electrons. The van der Waals surface area contributed by atoms with Crippen molar-refractivity contribution in [1.82, 2.24) is 10.6 Å². The van der Waals surface area contributed by atoms with Crippen molar-refractivity contribution >= 4 is 15.9 Å². The summed E-state index contributed by atoms with van der Waals surface area (Å²) < 4.78 is 22.7. The maximum atomic E-state index is 12.3. The number of sulfonamides is 1. The Hall–Kier alpha value is -1.48. The predicted octanol–water partition coefficient (Wildman–Crippen LogP) is -0.513. The molecule has 0 aliphatic carbocycles. The highest BCUT2D eigenvalue weighted by Crippen LogP contribution is 2.17. The van der Waals surface area contributed by atoms with E-state index in [9.17, 15) is 18.3 Å². The lowest BCUT2D eigenvalue weighted by Crippen LogP contribution is -2.52. The van der Waals surface area contributed by atoms with Crippen molar-refractivity contribution in [3.8, 4) is 0 Å². The number of nitrogens with one attached hydrogen (secondary N) is 2. The summed E-state index contributed by atoms with van der Waals surface area (Å²) in [5.41, 5.74) is -0.100. The molecule has 0 spiro atoms. The lowest BCUT2D eigenvalue weighted by atomic mass is 9.94. The van der Waals surface area contributed by atoms with Crippen LogP contribution < -0.4 is 15.8 Å². The zero-order valence-corrected chi connectivity index (χ0v) is 13.2.